The van der Waals surface area contributed by atoms with Gasteiger partial charge in [0, 0.05) is 12.1 Å². The van der Waals surface area contributed by atoms with E-state index in [1.54, 1.807) is 29.5 Å². The highest BCUT2D eigenvalue weighted by Gasteiger charge is 2.18. The molecule has 0 bridgehead atoms. The number of carbonyl (C=O) groups excluding carboxylic acids is 1. The Bertz CT molecular complexity index is 847. The molecule has 2 aromatic carbocycles. The molecule has 0 aliphatic carbocycles. The summed E-state index contributed by atoms with van der Waals surface area (Å²) >= 11 is 1.64. The van der Waals surface area contributed by atoms with Crippen LogP contribution in [0.4, 0.5) is 4.39 Å². The third-order valence-corrected chi connectivity index (χ3v) is 5.36. The molecule has 0 spiro atoms. The first kappa shape index (κ1) is 17.5. The first-order valence-corrected chi connectivity index (χ1v) is 8.92. The number of para-hydroxylation sites is 1. The number of likely N-dealkylation sites (N-methyl/N-ethyl adjacent to an activating group) is 1. The SMILES string of the molecule is C[C@@H](c1nc2ccccc2s1)N(C)CC(=O)NCc1ccccc1F. The van der Waals surface area contributed by atoms with E-state index in [2.05, 4.69) is 10.3 Å². The summed E-state index contributed by atoms with van der Waals surface area (Å²) in [6.07, 6.45) is 0. The minimum atomic E-state index is -0.306. The van der Waals surface area contributed by atoms with E-state index < -0.39 is 0 Å². The van der Waals surface area contributed by atoms with Gasteiger partial charge in [-0.15, -0.1) is 11.3 Å². The van der Waals surface area contributed by atoms with Gasteiger partial charge in [-0.1, -0.05) is 30.3 Å². The van der Waals surface area contributed by atoms with Gasteiger partial charge >= 0.3 is 0 Å². The van der Waals surface area contributed by atoms with Crippen LogP contribution in [0.15, 0.2) is 48.5 Å². The molecule has 1 atom stereocenters. The molecule has 0 saturated carbocycles. The molecule has 1 N–H and O–H groups in total. The predicted molar refractivity (Wildman–Crippen MR) is 98.9 cm³/mol. The van der Waals surface area contributed by atoms with E-state index in [1.807, 2.05) is 43.1 Å². The lowest BCUT2D eigenvalue weighted by Crippen LogP contribution is -2.36. The number of hydrogen-bond donors (Lipinski definition) is 1. The number of benzene rings is 2. The number of halogens is 1. The number of hydrogen-bond acceptors (Lipinski definition) is 4. The Morgan fingerprint density at radius 3 is 2.72 bits per heavy atom. The lowest BCUT2D eigenvalue weighted by molar-refractivity contribution is -0.122. The van der Waals surface area contributed by atoms with Gasteiger partial charge in [-0.05, 0) is 32.2 Å². The molecule has 0 saturated heterocycles. The van der Waals surface area contributed by atoms with E-state index in [1.165, 1.54) is 6.07 Å². The van der Waals surface area contributed by atoms with E-state index in [4.69, 9.17) is 0 Å². The van der Waals surface area contributed by atoms with Crippen LogP contribution in [-0.4, -0.2) is 29.4 Å². The molecule has 25 heavy (non-hydrogen) atoms. The highest BCUT2D eigenvalue weighted by Crippen LogP contribution is 2.28. The van der Waals surface area contributed by atoms with Crippen molar-refractivity contribution in [2.45, 2.75) is 19.5 Å². The zero-order chi connectivity index (χ0) is 17.8. The van der Waals surface area contributed by atoms with Crippen molar-refractivity contribution < 1.29 is 9.18 Å². The number of nitrogens with one attached hydrogen (secondary N) is 1. The van der Waals surface area contributed by atoms with Crippen LogP contribution in [0.1, 0.15) is 23.5 Å². The van der Waals surface area contributed by atoms with Crippen molar-refractivity contribution in [3.05, 3.63) is 64.9 Å². The Balaban J connectivity index is 1.58. The van der Waals surface area contributed by atoms with Crippen molar-refractivity contribution >= 4 is 27.5 Å². The highest BCUT2D eigenvalue weighted by molar-refractivity contribution is 7.18. The fourth-order valence-electron chi connectivity index (χ4n) is 2.51. The maximum atomic E-state index is 13.6. The minimum absolute atomic E-state index is 0.0246. The average Bonchev–Trinajstić information content (AvgIpc) is 3.04. The molecule has 0 fully saturated rings. The van der Waals surface area contributed by atoms with Crippen molar-refractivity contribution in [1.29, 1.82) is 0 Å². The van der Waals surface area contributed by atoms with Crippen LogP contribution in [0.5, 0.6) is 0 Å². The molecule has 6 heteroatoms. The zero-order valence-corrected chi connectivity index (χ0v) is 15.0. The lowest BCUT2D eigenvalue weighted by Gasteiger charge is -2.22. The maximum absolute atomic E-state index is 13.6. The topological polar surface area (TPSA) is 45.2 Å². The van der Waals surface area contributed by atoms with Gasteiger partial charge in [-0.2, -0.15) is 0 Å². The summed E-state index contributed by atoms with van der Waals surface area (Å²) in [7, 11) is 1.89. The second kappa shape index (κ2) is 7.72. The van der Waals surface area contributed by atoms with E-state index >= 15 is 0 Å². The Hall–Kier alpha value is -2.31. The van der Waals surface area contributed by atoms with E-state index in [0.29, 0.717) is 5.56 Å². The van der Waals surface area contributed by atoms with Crippen molar-refractivity contribution in [2.24, 2.45) is 0 Å². The fraction of sp³-hybridized carbons (Fsp3) is 0.263. The summed E-state index contributed by atoms with van der Waals surface area (Å²) in [5.74, 6) is -0.447. The van der Waals surface area contributed by atoms with Gasteiger partial charge in [0.2, 0.25) is 5.91 Å². The van der Waals surface area contributed by atoms with Gasteiger partial charge in [0.25, 0.3) is 0 Å². The molecule has 3 rings (SSSR count). The molecule has 3 aromatic rings. The normalized spacial score (nSPS) is 12.5. The number of thiazole rings is 1. The van der Waals surface area contributed by atoms with Gasteiger partial charge in [-0.3, -0.25) is 9.69 Å². The van der Waals surface area contributed by atoms with Crippen LogP contribution in [0.2, 0.25) is 0 Å². The highest BCUT2D eigenvalue weighted by atomic mass is 32.1. The first-order chi connectivity index (χ1) is 12.0. The average molecular weight is 357 g/mol. The first-order valence-electron chi connectivity index (χ1n) is 8.10. The Morgan fingerprint density at radius 1 is 1.24 bits per heavy atom. The largest absolute Gasteiger partial charge is 0.351 e. The summed E-state index contributed by atoms with van der Waals surface area (Å²) in [6, 6.07) is 14.5. The number of carbonyl (C=O) groups is 1. The number of amides is 1. The van der Waals surface area contributed by atoms with Crippen LogP contribution in [0.3, 0.4) is 0 Å². The maximum Gasteiger partial charge on any atom is 0.234 e. The number of rotatable bonds is 6. The third-order valence-electron chi connectivity index (χ3n) is 4.16. The molecule has 0 radical (unpaired) electrons. The minimum Gasteiger partial charge on any atom is -0.351 e. The van der Waals surface area contributed by atoms with Crippen LogP contribution in [0.25, 0.3) is 10.2 Å². The molecular weight excluding hydrogens is 337 g/mol. The molecule has 1 amide bonds. The van der Waals surface area contributed by atoms with Crippen molar-refractivity contribution in [2.75, 3.05) is 13.6 Å². The molecule has 0 aliphatic heterocycles. The third kappa shape index (κ3) is 4.21. The van der Waals surface area contributed by atoms with E-state index in [-0.39, 0.29) is 30.9 Å². The van der Waals surface area contributed by atoms with E-state index in [9.17, 15) is 9.18 Å². The van der Waals surface area contributed by atoms with Crippen molar-refractivity contribution in [3.63, 3.8) is 0 Å². The molecular formula is C19H20FN3OS. The number of nitrogens with zero attached hydrogens (tertiary/aromatic N) is 2. The molecule has 1 aromatic heterocycles. The molecule has 0 unspecified atom stereocenters. The second-order valence-corrected chi connectivity index (χ2v) is 7.04. The molecule has 0 aliphatic rings. The van der Waals surface area contributed by atoms with Gasteiger partial charge < -0.3 is 5.32 Å². The lowest BCUT2D eigenvalue weighted by atomic mass is 10.2. The van der Waals surface area contributed by atoms with Crippen LogP contribution >= 0.6 is 11.3 Å². The van der Waals surface area contributed by atoms with Gasteiger partial charge in [0.1, 0.15) is 10.8 Å². The van der Waals surface area contributed by atoms with Crippen LogP contribution < -0.4 is 5.32 Å². The van der Waals surface area contributed by atoms with Gasteiger partial charge in [0.15, 0.2) is 0 Å². The zero-order valence-electron chi connectivity index (χ0n) is 14.2. The van der Waals surface area contributed by atoms with Gasteiger partial charge in [0.05, 0.1) is 22.8 Å². The Morgan fingerprint density at radius 2 is 1.96 bits per heavy atom. The summed E-state index contributed by atoms with van der Waals surface area (Å²) in [6.45, 7) is 2.45. The summed E-state index contributed by atoms with van der Waals surface area (Å²) in [5, 5.41) is 3.74. The predicted octanol–water partition coefficient (Wildman–Crippen LogP) is 3.74. The Labute approximate surface area is 150 Å². The molecule has 130 valence electrons. The van der Waals surface area contributed by atoms with Gasteiger partial charge in [-0.25, -0.2) is 9.37 Å². The standard InChI is InChI=1S/C19H20FN3OS/c1-13(19-22-16-9-5-6-10-17(16)25-19)23(2)12-18(24)21-11-14-7-3-4-8-15(14)20/h3-10,13H,11-12H2,1-2H3,(H,21,24)/t13-/m0/s1. The van der Waals surface area contributed by atoms with E-state index in [0.717, 1.165) is 15.2 Å². The fourth-order valence-corrected chi connectivity index (χ4v) is 3.60. The second-order valence-electron chi connectivity index (χ2n) is 5.98. The van der Waals surface area contributed by atoms with Crippen LogP contribution in [-0.2, 0) is 11.3 Å². The van der Waals surface area contributed by atoms with Crippen molar-refractivity contribution in [3.8, 4) is 0 Å². The summed E-state index contributed by atoms with van der Waals surface area (Å²) < 4.78 is 14.7. The Kier molecular flexibility index (Phi) is 5.40. The summed E-state index contributed by atoms with van der Waals surface area (Å²) in [4.78, 5) is 18.7. The number of aromatic nitrogens is 1. The molecule has 4 nitrogen and oxygen atoms in total. The monoisotopic (exact) mass is 357 g/mol. The molecule has 1 heterocycles. The number of fused-ring (bicyclic) bond motifs is 1. The smallest absolute Gasteiger partial charge is 0.234 e. The van der Waals surface area contributed by atoms with Crippen LogP contribution in [0, 0.1) is 5.82 Å². The summed E-state index contributed by atoms with van der Waals surface area (Å²) in [5.41, 5.74) is 1.46. The quantitative estimate of drug-likeness (QED) is 0.731. The van der Waals surface area contributed by atoms with Crippen molar-refractivity contribution in [1.82, 2.24) is 15.2 Å².